The van der Waals surface area contributed by atoms with Gasteiger partial charge in [-0.2, -0.15) is 4.39 Å². The zero-order chi connectivity index (χ0) is 20.1. The van der Waals surface area contributed by atoms with Crippen molar-refractivity contribution in [2.45, 2.75) is 25.3 Å². The molecule has 9 heteroatoms. The number of hydrogen-bond acceptors (Lipinski definition) is 3. The van der Waals surface area contributed by atoms with Crippen molar-refractivity contribution >= 4 is 22.6 Å². The van der Waals surface area contributed by atoms with Crippen LogP contribution in [0, 0.1) is 11.6 Å². The van der Waals surface area contributed by atoms with Gasteiger partial charge in [-0.05, 0) is 24.3 Å². The number of aromatic nitrogens is 2. The smallest absolute Gasteiger partial charge is 0.278 e. The summed E-state index contributed by atoms with van der Waals surface area (Å²) in [5.74, 6) is -6.59. The number of amides is 1. The molecule has 1 aliphatic rings. The minimum absolute atomic E-state index is 0.00457. The number of ether oxygens (including phenoxy) is 1. The van der Waals surface area contributed by atoms with Gasteiger partial charge in [0.15, 0.2) is 18.2 Å². The Kier molecular flexibility index (Phi) is 4.24. The zero-order valence-corrected chi connectivity index (χ0v) is 14.7. The highest BCUT2D eigenvalue weighted by Crippen LogP contribution is 2.41. The molecule has 1 aromatic heterocycles. The Labute approximate surface area is 156 Å². The van der Waals surface area contributed by atoms with Crippen molar-refractivity contribution in [1.29, 1.82) is 0 Å². The molecule has 1 N–H and O–H groups in total. The second-order valence-corrected chi connectivity index (χ2v) is 6.73. The highest BCUT2D eigenvalue weighted by Gasteiger charge is 2.40. The molecular formula is C19H15F4N3O2. The number of alkyl halides is 2. The third-order valence-corrected chi connectivity index (χ3v) is 4.55. The maximum Gasteiger partial charge on any atom is 0.278 e. The Balaban J connectivity index is 1.63. The maximum absolute atomic E-state index is 14.6. The summed E-state index contributed by atoms with van der Waals surface area (Å²) in [6.07, 6.45) is 1.52. The van der Waals surface area contributed by atoms with Gasteiger partial charge in [0.1, 0.15) is 0 Å². The molecule has 1 aliphatic heterocycles. The topological polar surface area (TPSA) is 58.2 Å². The SMILES string of the molecule is CC(F)(F)COc1ccc([C@@H]2CC(=O)N2c2ccc3nc[nH]c3c2)c(F)c1F. The second kappa shape index (κ2) is 6.50. The van der Waals surface area contributed by atoms with Gasteiger partial charge in [0.05, 0.1) is 29.8 Å². The maximum atomic E-state index is 14.6. The van der Waals surface area contributed by atoms with Crippen LogP contribution in [0.5, 0.6) is 5.75 Å². The predicted octanol–water partition coefficient (Wildman–Crippen LogP) is 4.35. The van der Waals surface area contributed by atoms with E-state index in [1.165, 1.54) is 17.3 Å². The van der Waals surface area contributed by atoms with E-state index in [0.29, 0.717) is 23.6 Å². The standard InChI is InChI=1S/C19H15F4N3O2/c1-19(22,23)8-28-15-5-3-11(17(20)18(15)21)14-7-16(27)26(14)10-2-4-12-13(6-10)25-9-24-12/h2-6,9,14H,7-8H2,1H3,(H,24,25)/t14-/m0/s1. The highest BCUT2D eigenvalue weighted by molar-refractivity contribution is 6.02. The van der Waals surface area contributed by atoms with Crippen molar-refractivity contribution in [2.75, 3.05) is 11.5 Å². The number of benzene rings is 2. The van der Waals surface area contributed by atoms with Crippen molar-refractivity contribution < 1.29 is 27.1 Å². The fourth-order valence-corrected chi connectivity index (χ4v) is 3.18. The van der Waals surface area contributed by atoms with Gasteiger partial charge in [0, 0.05) is 18.2 Å². The Hall–Kier alpha value is -3.10. The number of halogens is 4. The van der Waals surface area contributed by atoms with Crippen LogP contribution in [0.25, 0.3) is 11.0 Å². The molecule has 0 unspecified atom stereocenters. The molecule has 5 nitrogen and oxygen atoms in total. The molecule has 3 aromatic rings. The number of nitrogens with zero attached hydrogens (tertiary/aromatic N) is 2. The van der Waals surface area contributed by atoms with Gasteiger partial charge >= 0.3 is 0 Å². The minimum atomic E-state index is -3.18. The van der Waals surface area contributed by atoms with Crippen LogP contribution in [0.15, 0.2) is 36.7 Å². The number of anilines is 1. The number of H-pyrrole nitrogens is 1. The summed E-state index contributed by atoms with van der Waals surface area (Å²) in [5.41, 5.74) is 1.88. The van der Waals surface area contributed by atoms with Gasteiger partial charge < -0.3 is 14.6 Å². The van der Waals surface area contributed by atoms with Gasteiger partial charge in [0.25, 0.3) is 5.92 Å². The van der Waals surface area contributed by atoms with E-state index in [1.54, 1.807) is 18.2 Å². The van der Waals surface area contributed by atoms with Crippen LogP contribution in [0.1, 0.15) is 24.9 Å². The summed E-state index contributed by atoms with van der Waals surface area (Å²) in [6.45, 7) is -0.453. The van der Waals surface area contributed by atoms with Crippen LogP contribution >= 0.6 is 0 Å². The lowest BCUT2D eigenvalue weighted by Crippen LogP contribution is -2.47. The second-order valence-electron chi connectivity index (χ2n) is 6.73. The fourth-order valence-electron chi connectivity index (χ4n) is 3.18. The third-order valence-electron chi connectivity index (χ3n) is 4.55. The highest BCUT2D eigenvalue weighted by atomic mass is 19.3. The Bertz CT molecular complexity index is 1060. The molecule has 2 heterocycles. The first-order valence-electron chi connectivity index (χ1n) is 8.48. The van der Waals surface area contributed by atoms with Gasteiger partial charge in [-0.15, -0.1) is 0 Å². The molecule has 4 rings (SSSR count). The quantitative estimate of drug-likeness (QED) is 0.518. The number of hydrogen-bond donors (Lipinski definition) is 1. The van der Waals surface area contributed by atoms with Gasteiger partial charge in [-0.1, -0.05) is 6.07 Å². The van der Waals surface area contributed by atoms with E-state index in [9.17, 15) is 22.4 Å². The lowest BCUT2D eigenvalue weighted by atomic mass is 9.92. The van der Waals surface area contributed by atoms with Crippen molar-refractivity contribution in [3.8, 4) is 5.75 Å². The van der Waals surface area contributed by atoms with Crippen LogP contribution in [0.4, 0.5) is 23.2 Å². The first-order chi connectivity index (χ1) is 13.2. The van der Waals surface area contributed by atoms with Crippen molar-refractivity contribution in [1.82, 2.24) is 9.97 Å². The van der Waals surface area contributed by atoms with Crippen LogP contribution in [-0.2, 0) is 4.79 Å². The van der Waals surface area contributed by atoms with E-state index in [0.717, 1.165) is 6.07 Å². The minimum Gasteiger partial charge on any atom is -0.484 e. The number of fused-ring (bicyclic) bond motifs is 1. The molecule has 1 fully saturated rings. The number of carbonyl (C=O) groups excluding carboxylic acids is 1. The zero-order valence-electron chi connectivity index (χ0n) is 14.7. The molecule has 1 saturated heterocycles. The normalized spacial score (nSPS) is 17.1. The Morgan fingerprint density at radius 3 is 2.75 bits per heavy atom. The van der Waals surface area contributed by atoms with E-state index in [1.807, 2.05) is 0 Å². The lowest BCUT2D eigenvalue weighted by molar-refractivity contribution is -0.124. The number of carbonyl (C=O) groups is 1. The number of β-lactam (4-membered cyclic amide) rings is 1. The van der Waals surface area contributed by atoms with E-state index in [4.69, 9.17) is 0 Å². The van der Waals surface area contributed by atoms with Crippen molar-refractivity contribution in [3.63, 3.8) is 0 Å². The summed E-state index contributed by atoms with van der Waals surface area (Å²) < 4.78 is 59.3. The van der Waals surface area contributed by atoms with Crippen LogP contribution in [0.2, 0.25) is 0 Å². The Morgan fingerprint density at radius 1 is 1.25 bits per heavy atom. The average molecular weight is 393 g/mol. The molecule has 0 spiro atoms. The fraction of sp³-hybridized carbons (Fsp3) is 0.263. The number of nitrogens with one attached hydrogen (secondary N) is 1. The number of aromatic amines is 1. The van der Waals surface area contributed by atoms with Gasteiger partial charge in [-0.25, -0.2) is 18.2 Å². The van der Waals surface area contributed by atoms with Crippen molar-refractivity contribution in [3.05, 3.63) is 53.9 Å². The molecule has 2 aromatic carbocycles. The number of imidazole rings is 1. The van der Waals surface area contributed by atoms with E-state index in [-0.39, 0.29) is 17.9 Å². The molecular weight excluding hydrogens is 378 g/mol. The largest absolute Gasteiger partial charge is 0.484 e. The first kappa shape index (κ1) is 18.3. The monoisotopic (exact) mass is 393 g/mol. The number of rotatable bonds is 5. The molecule has 1 amide bonds. The lowest BCUT2D eigenvalue weighted by Gasteiger charge is -2.41. The van der Waals surface area contributed by atoms with Crippen LogP contribution < -0.4 is 9.64 Å². The van der Waals surface area contributed by atoms with E-state index in [2.05, 4.69) is 14.7 Å². The predicted molar refractivity (Wildman–Crippen MR) is 93.4 cm³/mol. The molecule has 0 aliphatic carbocycles. The van der Waals surface area contributed by atoms with E-state index >= 15 is 0 Å². The molecule has 28 heavy (non-hydrogen) atoms. The van der Waals surface area contributed by atoms with E-state index < -0.39 is 36.0 Å². The molecule has 0 radical (unpaired) electrons. The first-order valence-corrected chi connectivity index (χ1v) is 8.48. The Morgan fingerprint density at radius 2 is 2.04 bits per heavy atom. The van der Waals surface area contributed by atoms with Crippen LogP contribution in [-0.4, -0.2) is 28.4 Å². The molecule has 1 atom stereocenters. The summed E-state index contributed by atoms with van der Waals surface area (Å²) in [5, 5.41) is 0. The van der Waals surface area contributed by atoms with Crippen molar-refractivity contribution in [2.24, 2.45) is 0 Å². The third kappa shape index (κ3) is 3.17. The molecule has 146 valence electrons. The summed E-state index contributed by atoms with van der Waals surface area (Å²) in [7, 11) is 0. The summed E-state index contributed by atoms with van der Waals surface area (Å²) in [6, 6.07) is 6.72. The van der Waals surface area contributed by atoms with Crippen LogP contribution in [0.3, 0.4) is 0 Å². The van der Waals surface area contributed by atoms with Gasteiger partial charge in [-0.3, -0.25) is 4.79 Å². The van der Waals surface area contributed by atoms with Gasteiger partial charge in [0.2, 0.25) is 11.7 Å². The summed E-state index contributed by atoms with van der Waals surface area (Å²) >= 11 is 0. The molecule has 0 saturated carbocycles. The molecule has 0 bridgehead atoms. The average Bonchev–Trinajstić information content (AvgIpc) is 3.08. The summed E-state index contributed by atoms with van der Waals surface area (Å²) in [4.78, 5) is 20.5.